The van der Waals surface area contributed by atoms with Gasteiger partial charge in [0, 0.05) is 11.8 Å². The maximum atomic E-state index is 12.4. The zero-order valence-corrected chi connectivity index (χ0v) is 17.7. The molecular weight excluding hydrogens is 432 g/mol. The van der Waals surface area contributed by atoms with E-state index in [4.69, 9.17) is 25.8 Å². The van der Waals surface area contributed by atoms with Crippen LogP contribution >= 0.6 is 11.6 Å². The van der Waals surface area contributed by atoms with Crippen LogP contribution in [0, 0.1) is 17.8 Å². The minimum atomic E-state index is -1.77. The van der Waals surface area contributed by atoms with Gasteiger partial charge in [0.15, 0.2) is 11.9 Å². The first-order valence-electron chi connectivity index (χ1n) is 10.5. The number of ether oxygens (including phenoxy) is 3. The number of allylic oxidation sites excluding steroid dienone is 1. The number of aliphatic hydroxyl groups is 5. The number of esters is 1. The zero-order chi connectivity index (χ0) is 22.7. The Morgan fingerprint density at radius 1 is 1.19 bits per heavy atom. The van der Waals surface area contributed by atoms with Crippen molar-refractivity contribution in [2.45, 2.75) is 67.8 Å². The summed E-state index contributed by atoms with van der Waals surface area (Å²) in [5.41, 5.74) is -0.238. The van der Waals surface area contributed by atoms with Gasteiger partial charge in [0.2, 0.25) is 0 Å². The van der Waals surface area contributed by atoms with E-state index in [9.17, 15) is 30.3 Å². The number of hydrogen-bond donors (Lipinski definition) is 5. The lowest BCUT2D eigenvalue weighted by Crippen LogP contribution is -2.59. The first kappa shape index (κ1) is 23.1. The van der Waals surface area contributed by atoms with Gasteiger partial charge < -0.3 is 39.7 Å². The van der Waals surface area contributed by atoms with Crippen LogP contribution in [0.15, 0.2) is 24.3 Å². The molecule has 0 aromatic carbocycles. The number of carbonyl (C=O) groups excluding carboxylic acids is 1. The fraction of sp³-hybridized carbons (Fsp3) is 0.762. The van der Waals surface area contributed by atoms with Crippen LogP contribution in [0.3, 0.4) is 0 Å². The second-order valence-corrected chi connectivity index (χ2v) is 9.26. The van der Waals surface area contributed by atoms with Crippen LogP contribution in [0.5, 0.6) is 0 Å². The van der Waals surface area contributed by atoms with Crippen LogP contribution in [-0.4, -0.2) is 92.5 Å². The molecule has 0 amide bonds. The van der Waals surface area contributed by atoms with Crippen LogP contribution in [0.2, 0.25) is 0 Å². The highest BCUT2D eigenvalue weighted by Gasteiger charge is 2.62. The highest BCUT2D eigenvalue weighted by Crippen LogP contribution is 2.54. The molecule has 0 radical (unpaired) electrons. The van der Waals surface area contributed by atoms with Crippen LogP contribution in [-0.2, 0) is 19.0 Å². The maximum Gasteiger partial charge on any atom is 0.340 e. The van der Waals surface area contributed by atoms with Gasteiger partial charge in [0.25, 0.3) is 0 Å². The van der Waals surface area contributed by atoms with Gasteiger partial charge >= 0.3 is 5.97 Å². The largest absolute Gasteiger partial charge is 0.459 e. The van der Waals surface area contributed by atoms with E-state index < -0.39 is 67.0 Å². The lowest BCUT2D eigenvalue weighted by Gasteiger charge is -2.40. The number of hydrogen-bond acceptors (Lipinski definition) is 9. The van der Waals surface area contributed by atoms with Crippen LogP contribution < -0.4 is 0 Å². The topological polar surface area (TPSA) is 146 Å². The van der Waals surface area contributed by atoms with E-state index >= 15 is 0 Å². The van der Waals surface area contributed by atoms with E-state index in [2.05, 4.69) is 13.2 Å². The molecule has 10 heteroatoms. The number of aliphatic hydroxyl groups excluding tert-OH is 4. The van der Waals surface area contributed by atoms with Crippen LogP contribution in [0.4, 0.5) is 0 Å². The fourth-order valence-electron chi connectivity index (χ4n) is 5.48. The first-order valence-corrected chi connectivity index (χ1v) is 11.0. The fourth-order valence-corrected chi connectivity index (χ4v) is 5.79. The maximum absolute atomic E-state index is 12.4. The number of alkyl halides is 1. The molecule has 4 aliphatic rings. The molecular formula is C21H29ClO9. The molecule has 11 atom stereocenters. The van der Waals surface area contributed by atoms with Gasteiger partial charge in [-0.3, -0.25) is 0 Å². The Bertz CT molecular complexity index is 757. The average Bonchev–Trinajstić information content (AvgIpc) is 3.15. The minimum Gasteiger partial charge on any atom is -0.459 e. The number of halogens is 1. The highest BCUT2D eigenvalue weighted by molar-refractivity contribution is 6.20. The monoisotopic (exact) mass is 460 g/mol. The average molecular weight is 461 g/mol. The molecule has 4 rings (SSSR count). The lowest BCUT2D eigenvalue weighted by molar-refractivity contribution is -0.308. The lowest BCUT2D eigenvalue weighted by atomic mass is 9.78. The van der Waals surface area contributed by atoms with Crippen molar-refractivity contribution in [2.24, 2.45) is 17.8 Å². The molecule has 5 N–H and O–H groups in total. The molecule has 0 spiro atoms. The van der Waals surface area contributed by atoms with Crippen LogP contribution in [0.1, 0.15) is 19.3 Å². The Labute approximate surface area is 184 Å². The number of rotatable bonds is 4. The molecule has 2 saturated carbocycles. The summed E-state index contributed by atoms with van der Waals surface area (Å²) in [6, 6.07) is 0. The summed E-state index contributed by atoms with van der Waals surface area (Å²) in [4.78, 5) is 12.4. The van der Waals surface area contributed by atoms with Crippen molar-refractivity contribution in [3.8, 4) is 0 Å². The smallest absolute Gasteiger partial charge is 0.340 e. The summed E-state index contributed by atoms with van der Waals surface area (Å²) in [7, 11) is 0. The predicted octanol–water partition coefficient (Wildman–Crippen LogP) is -0.775. The van der Waals surface area contributed by atoms with Crippen LogP contribution in [0.25, 0.3) is 0 Å². The summed E-state index contributed by atoms with van der Waals surface area (Å²) in [5, 5.41) is 50.5. The Morgan fingerprint density at radius 2 is 1.90 bits per heavy atom. The van der Waals surface area contributed by atoms with E-state index in [1.807, 2.05) is 0 Å². The van der Waals surface area contributed by atoms with Crippen molar-refractivity contribution in [3.05, 3.63) is 24.3 Å². The minimum absolute atomic E-state index is 0.122. The summed E-state index contributed by atoms with van der Waals surface area (Å²) in [6.07, 6.45) is -6.65. The molecule has 9 nitrogen and oxygen atoms in total. The molecule has 31 heavy (non-hydrogen) atoms. The quantitative estimate of drug-likeness (QED) is 0.207. The van der Waals surface area contributed by atoms with E-state index in [-0.39, 0.29) is 17.7 Å². The number of carbonyl (C=O) groups is 1. The van der Waals surface area contributed by atoms with E-state index in [1.165, 1.54) is 0 Å². The molecule has 4 fully saturated rings. The molecule has 174 valence electrons. The van der Waals surface area contributed by atoms with Gasteiger partial charge in [0.05, 0.1) is 18.6 Å². The molecule has 2 saturated heterocycles. The third-order valence-corrected chi connectivity index (χ3v) is 7.76. The van der Waals surface area contributed by atoms with Gasteiger partial charge in [0.1, 0.15) is 30.5 Å². The molecule has 0 unspecified atom stereocenters. The Hall–Kier alpha value is -1.04. The predicted molar refractivity (Wildman–Crippen MR) is 107 cm³/mol. The van der Waals surface area contributed by atoms with Gasteiger partial charge in [-0.25, -0.2) is 4.79 Å². The molecule has 2 heterocycles. The Morgan fingerprint density at radius 3 is 2.55 bits per heavy atom. The third kappa shape index (κ3) is 3.55. The number of fused-ring (bicyclic) bond motifs is 3. The molecule has 0 aromatic heterocycles. The molecule has 2 aliphatic carbocycles. The summed E-state index contributed by atoms with van der Waals surface area (Å²) < 4.78 is 17.0. The highest BCUT2D eigenvalue weighted by atomic mass is 35.5. The SMILES string of the molecule is C=C1[C@@H]2[C@H]3OC(=O)[C@](O)(CCl)[C@@H]3CCC(=C)[C@@H]2C[C@@H]1O[C@@H]1O[C@H](CO)[C@@H](O)[C@H](O)[C@H]1O. The summed E-state index contributed by atoms with van der Waals surface area (Å²) >= 11 is 5.93. The van der Waals surface area contributed by atoms with E-state index in [0.29, 0.717) is 24.8 Å². The van der Waals surface area contributed by atoms with Gasteiger partial charge in [-0.1, -0.05) is 18.7 Å². The van der Waals surface area contributed by atoms with Crippen molar-refractivity contribution in [2.75, 3.05) is 12.5 Å². The second kappa shape index (κ2) is 8.39. The first-order chi connectivity index (χ1) is 14.6. The molecule has 0 aromatic rings. The second-order valence-electron chi connectivity index (χ2n) is 9.00. The van der Waals surface area contributed by atoms with Crippen molar-refractivity contribution < 1.29 is 44.5 Å². The molecule has 2 aliphatic heterocycles. The van der Waals surface area contributed by atoms with E-state index in [1.54, 1.807) is 0 Å². The van der Waals surface area contributed by atoms with Crippen molar-refractivity contribution in [1.29, 1.82) is 0 Å². The Kier molecular flexibility index (Phi) is 6.26. The van der Waals surface area contributed by atoms with Gasteiger partial charge in [-0.05, 0) is 30.8 Å². The van der Waals surface area contributed by atoms with Gasteiger partial charge in [-0.15, -0.1) is 11.6 Å². The van der Waals surface area contributed by atoms with Gasteiger partial charge in [-0.2, -0.15) is 0 Å². The standard InChI is InChI=1S/C21H29ClO9/c1-8-3-4-11-18(31-20(27)21(11,28)7-22)14-9(2)12(5-10(8)14)29-19-17(26)16(25)15(24)13(6-23)30-19/h10-19,23-26,28H,1-7H2/t10-,11+,12-,13+,14-,15+,16-,17+,18-,19+,21-/m0/s1. The molecule has 0 bridgehead atoms. The third-order valence-electron chi connectivity index (χ3n) is 7.36. The summed E-state index contributed by atoms with van der Waals surface area (Å²) in [6.45, 7) is 7.76. The summed E-state index contributed by atoms with van der Waals surface area (Å²) in [5.74, 6) is -1.99. The zero-order valence-electron chi connectivity index (χ0n) is 17.0. The van der Waals surface area contributed by atoms with Crippen molar-refractivity contribution >= 4 is 17.6 Å². The Balaban J connectivity index is 1.56. The van der Waals surface area contributed by atoms with Crippen molar-refractivity contribution in [3.63, 3.8) is 0 Å². The van der Waals surface area contributed by atoms with Crippen molar-refractivity contribution in [1.82, 2.24) is 0 Å². The normalized spacial score (nSPS) is 50.1. The van der Waals surface area contributed by atoms with E-state index in [0.717, 1.165) is 5.57 Å².